The molecule has 0 saturated heterocycles. The maximum atomic E-state index is 13.3. The van der Waals surface area contributed by atoms with Crippen molar-refractivity contribution in [3.05, 3.63) is 94.3 Å². The Labute approximate surface area is 157 Å². The molecule has 2 aromatic carbocycles. The molecule has 0 aliphatic rings. The molecule has 0 spiro atoms. The van der Waals surface area contributed by atoms with Crippen molar-refractivity contribution in [3.8, 4) is 0 Å². The SMILES string of the molecule is Cc1ccc(N(Cc2cccnc2)S(=O)(=O)c2cccc([N+](=O)[O-])c2)cc1. The molecule has 0 radical (unpaired) electrons. The van der Waals surface area contributed by atoms with Gasteiger partial charge in [-0.15, -0.1) is 0 Å². The molecule has 8 heteroatoms. The number of non-ortho nitro benzene ring substituents is 1. The van der Waals surface area contributed by atoms with Gasteiger partial charge < -0.3 is 0 Å². The van der Waals surface area contributed by atoms with E-state index in [0.29, 0.717) is 11.3 Å². The molecule has 7 nitrogen and oxygen atoms in total. The van der Waals surface area contributed by atoms with Gasteiger partial charge in [-0.1, -0.05) is 29.8 Å². The molecule has 0 fully saturated rings. The van der Waals surface area contributed by atoms with Crippen molar-refractivity contribution in [3.63, 3.8) is 0 Å². The Bertz CT molecular complexity index is 1050. The van der Waals surface area contributed by atoms with E-state index in [9.17, 15) is 18.5 Å². The number of benzene rings is 2. The number of anilines is 1. The van der Waals surface area contributed by atoms with Crippen LogP contribution in [0, 0.1) is 17.0 Å². The molecule has 0 amide bonds. The van der Waals surface area contributed by atoms with Crippen molar-refractivity contribution < 1.29 is 13.3 Å². The predicted molar refractivity (Wildman–Crippen MR) is 102 cm³/mol. The molecule has 0 N–H and O–H groups in total. The number of nitrogens with zero attached hydrogens (tertiary/aromatic N) is 3. The summed E-state index contributed by atoms with van der Waals surface area (Å²) in [6.07, 6.45) is 3.19. The number of aromatic nitrogens is 1. The van der Waals surface area contributed by atoms with Crippen molar-refractivity contribution in [2.75, 3.05) is 4.31 Å². The number of aryl methyl sites for hydroxylation is 1. The lowest BCUT2D eigenvalue weighted by Crippen LogP contribution is -2.30. The summed E-state index contributed by atoms with van der Waals surface area (Å²) in [6, 6.07) is 15.6. The molecule has 0 saturated carbocycles. The molecule has 138 valence electrons. The first-order chi connectivity index (χ1) is 12.9. The van der Waals surface area contributed by atoms with Crippen molar-refractivity contribution >= 4 is 21.4 Å². The largest absolute Gasteiger partial charge is 0.270 e. The first-order valence-electron chi connectivity index (χ1n) is 8.11. The Kier molecular flexibility index (Phi) is 5.18. The van der Waals surface area contributed by atoms with E-state index >= 15 is 0 Å². The van der Waals surface area contributed by atoms with Crippen LogP contribution >= 0.6 is 0 Å². The summed E-state index contributed by atoms with van der Waals surface area (Å²) >= 11 is 0. The quantitative estimate of drug-likeness (QED) is 0.478. The highest BCUT2D eigenvalue weighted by Gasteiger charge is 2.27. The number of hydrogen-bond donors (Lipinski definition) is 0. The molecule has 3 rings (SSSR count). The lowest BCUT2D eigenvalue weighted by molar-refractivity contribution is -0.385. The van der Waals surface area contributed by atoms with Crippen LogP contribution in [0.4, 0.5) is 11.4 Å². The van der Waals surface area contributed by atoms with Crippen LogP contribution in [0.25, 0.3) is 0 Å². The summed E-state index contributed by atoms with van der Waals surface area (Å²) in [5.41, 5.74) is 1.89. The minimum absolute atomic E-state index is 0.0575. The maximum absolute atomic E-state index is 13.3. The Morgan fingerprint density at radius 1 is 1.07 bits per heavy atom. The molecule has 0 unspecified atom stereocenters. The Morgan fingerprint density at radius 2 is 1.81 bits per heavy atom. The second-order valence-electron chi connectivity index (χ2n) is 5.96. The van der Waals surface area contributed by atoms with Gasteiger partial charge in [0.25, 0.3) is 15.7 Å². The van der Waals surface area contributed by atoms with Crippen molar-refractivity contribution in [1.82, 2.24) is 4.98 Å². The topological polar surface area (TPSA) is 93.4 Å². The van der Waals surface area contributed by atoms with Crippen LogP contribution in [0.1, 0.15) is 11.1 Å². The zero-order valence-electron chi connectivity index (χ0n) is 14.5. The lowest BCUT2D eigenvalue weighted by Gasteiger charge is -2.24. The second kappa shape index (κ2) is 7.55. The third-order valence-electron chi connectivity index (χ3n) is 3.99. The van der Waals surface area contributed by atoms with E-state index in [-0.39, 0.29) is 17.1 Å². The number of pyridine rings is 1. The number of nitro groups is 1. The van der Waals surface area contributed by atoms with Crippen LogP contribution in [0.2, 0.25) is 0 Å². The zero-order valence-corrected chi connectivity index (χ0v) is 15.3. The molecular weight excluding hydrogens is 366 g/mol. The van der Waals surface area contributed by atoms with Gasteiger partial charge in [0.05, 0.1) is 22.1 Å². The average molecular weight is 383 g/mol. The third-order valence-corrected chi connectivity index (χ3v) is 5.76. The van der Waals surface area contributed by atoms with Gasteiger partial charge in [0.1, 0.15) is 0 Å². The van der Waals surface area contributed by atoms with Crippen LogP contribution < -0.4 is 4.31 Å². The van der Waals surface area contributed by atoms with Gasteiger partial charge in [0, 0.05) is 24.5 Å². The molecule has 0 aliphatic heterocycles. The van der Waals surface area contributed by atoms with Crippen molar-refractivity contribution in [2.24, 2.45) is 0 Å². The lowest BCUT2D eigenvalue weighted by atomic mass is 10.2. The molecule has 0 aliphatic carbocycles. The first kappa shape index (κ1) is 18.5. The maximum Gasteiger partial charge on any atom is 0.270 e. The van der Waals surface area contributed by atoms with Crippen molar-refractivity contribution in [1.29, 1.82) is 0 Å². The monoisotopic (exact) mass is 383 g/mol. The smallest absolute Gasteiger partial charge is 0.264 e. The zero-order chi connectivity index (χ0) is 19.4. The van der Waals surface area contributed by atoms with Crippen LogP contribution in [-0.2, 0) is 16.6 Å². The van der Waals surface area contributed by atoms with Gasteiger partial charge in [0.2, 0.25) is 0 Å². The van der Waals surface area contributed by atoms with Gasteiger partial charge in [-0.3, -0.25) is 19.4 Å². The fourth-order valence-electron chi connectivity index (χ4n) is 2.57. The van der Waals surface area contributed by atoms with E-state index < -0.39 is 14.9 Å². The van der Waals surface area contributed by atoms with E-state index in [4.69, 9.17) is 0 Å². The Morgan fingerprint density at radius 3 is 2.44 bits per heavy atom. The van der Waals surface area contributed by atoms with Gasteiger partial charge in [-0.05, 0) is 36.8 Å². The minimum atomic E-state index is -4.02. The number of sulfonamides is 1. The summed E-state index contributed by atoms with van der Waals surface area (Å²) in [5, 5.41) is 11.0. The number of hydrogen-bond acceptors (Lipinski definition) is 5. The summed E-state index contributed by atoms with van der Waals surface area (Å²) in [5.74, 6) is 0. The molecule has 3 aromatic rings. The van der Waals surface area contributed by atoms with Crippen molar-refractivity contribution in [2.45, 2.75) is 18.4 Å². The molecule has 0 atom stereocenters. The average Bonchev–Trinajstić information content (AvgIpc) is 2.68. The highest BCUT2D eigenvalue weighted by Crippen LogP contribution is 2.28. The van der Waals surface area contributed by atoms with Crippen LogP contribution in [-0.4, -0.2) is 18.3 Å². The van der Waals surface area contributed by atoms with Gasteiger partial charge >= 0.3 is 0 Å². The highest BCUT2D eigenvalue weighted by atomic mass is 32.2. The number of rotatable bonds is 6. The third kappa shape index (κ3) is 4.12. The van der Waals surface area contributed by atoms with Gasteiger partial charge in [-0.2, -0.15) is 0 Å². The van der Waals surface area contributed by atoms with Gasteiger partial charge in [-0.25, -0.2) is 8.42 Å². The fraction of sp³-hybridized carbons (Fsp3) is 0.105. The predicted octanol–water partition coefficient (Wildman–Crippen LogP) is 3.69. The van der Waals surface area contributed by atoms with E-state index in [1.165, 1.54) is 22.5 Å². The summed E-state index contributed by atoms with van der Waals surface area (Å²) in [4.78, 5) is 14.3. The highest BCUT2D eigenvalue weighted by molar-refractivity contribution is 7.92. The number of nitro benzene ring substituents is 1. The molecule has 1 aromatic heterocycles. The molecule has 0 bridgehead atoms. The Hall–Kier alpha value is -3.26. The van der Waals surface area contributed by atoms with E-state index in [2.05, 4.69) is 4.98 Å². The fourth-order valence-corrected chi connectivity index (χ4v) is 4.06. The van der Waals surface area contributed by atoms with E-state index in [1.54, 1.807) is 36.7 Å². The second-order valence-corrected chi connectivity index (χ2v) is 7.83. The van der Waals surface area contributed by atoms with E-state index in [0.717, 1.165) is 11.6 Å². The summed E-state index contributed by atoms with van der Waals surface area (Å²) < 4.78 is 27.8. The van der Waals surface area contributed by atoms with E-state index in [1.807, 2.05) is 19.1 Å². The Balaban J connectivity index is 2.09. The summed E-state index contributed by atoms with van der Waals surface area (Å²) in [7, 11) is -4.02. The van der Waals surface area contributed by atoms with Crippen LogP contribution in [0.15, 0.2) is 78.0 Å². The standard InChI is InChI=1S/C19H17N3O4S/c1-15-7-9-17(10-8-15)21(14-16-4-3-11-20-13-16)27(25,26)19-6-2-5-18(12-19)22(23)24/h2-13H,14H2,1H3. The summed E-state index contributed by atoms with van der Waals surface area (Å²) in [6.45, 7) is 1.96. The van der Waals surface area contributed by atoms with Crippen LogP contribution in [0.3, 0.4) is 0 Å². The van der Waals surface area contributed by atoms with Crippen LogP contribution in [0.5, 0.6) is 0 Å². The van der Waals surface area contributed by atoms with Gasteiger partial charge in [0.15, 0.2) is 0 Å². The molecular formula is C19H17N3O4S. The molecule has 1 heterocycles. The first-order valence-corrected chi connectivity index (χ1v) is 9.55. The minimum Gasteiger partial charge on any atom is -0.264 e. The normalized spacial score (nSPS) is 11.1. The molecule has 27 heavy (non-hydrogen) atoms.